The average Bonchev–Trinajstić information content (AvgIpc) is 2.10. The second-order valence-corrected chi connectivity index (χ2v) is 2.66. The van der Waals surface area contributed by atoms with Crippen LogP contribution in [0.3, 0.4) is 0 Å². The van der Waals surface area contributed by atoms with Crippen molar-refractivity contribution in [3.63, 3.8) is 0 Å². The fourth-order valence-electron chi connectivity index (χ4n) is 0.903. The molecule has 3 heteroatoms. The zero-order valence-corrected chi connectivity index (χ0v) is 7.51. The molecule has 0 bridgehead atoms. The van der Waals surface area contributed by atoms with Gasteiger partial charge < -0.3 is 4.74 Å². The summed E-state index contributed by atoms with van der Waals surface area (Å²) in [6.45, 7) is 2.53. The van der Waals surface area contributed by atoms with Crippen LogP contribution in [-0.4, -0.2) is 12.6 Å². The molecule has 0 amide bonds. The zero-order valence-electron chi connectivity index (χ0n) is 7.51. The average molecular weight is 169 g/mol. The molecule has 0 aliphatic heterocycles. The van der Waals surface area contributed by atoms with Gasteiger partial charge in [0.2, 0.25) is 0 Å². The van der Waals surface area contributed by atoms with Crippen LogP contribution in [0.2, 0.25) is 0 Å². The lowest BCUT2D eigenvalue weighted by molar-refractivity contribution is -0.137. The minimum Gasteiger partial charge on any atom is -0.455 e. The van der Waals surface area contributed by atoms with Gasteiger partial charge in [0.25, 0.3) is 0 Å². The topological polar surface area (TPSA) is 50.1 Å². The smallest absolute Gasteiger partial charge is 0.411 e. The molecule has 0 aromatic heterocycles. The second-order valence-electron chi connectivity index (χ2n) is 2.66. The fourth-order valence-corrected chi connectivity index (χ4v) is 0.903. The van der Waals surface area contributed by atoms with E-state index in [1.165, 1.54) is 25.3 Å². The summed E-state index contributed by atoms with van der Waals surface area (Å²) in [6, 6.07) is 1.41. The van der Waals surface area contributed by atoms with Crippen molar-refractivity contribution in [3.05, 3.63) is 0 Å². The highest BCUT2D eigenvalue weighted by atomic mass is 16.5. The maximum atomic E-state index is 10.3. The quantitative estimate of drug-likeness (QED) is 0.347. The molecule has 0 rings (SSSR count). The number of ether oxygens (including phenoxy) is 1. The monoisotopic (exact) mass is 169 g/mol. The van der Waals surface area contributed by atoms with Crippen LogP contribution in [0.1, 0.15) is 39.0 Å². The van der Waals surface area contributed by atoms with Crippen LogP contribution in [0.15, 0.2) is 0 Å². The predicted octanol–water partition coefficient (Wildman–Crippen LogP) is 2.02. The first-order valence-corrected chi connectivity index (χ1v) is 4.38. The van der Waals surface area contributed by atoms with Gasteiger partial charge in [0.1, 0.15) is 0 Å². The lowest BCUT2D eigenvalue weighted by Crippen LogP contribution is -2.02. The Morgan fingerprint density at radius 3 is 2.58 bits per heavy atom. The van der Waals surface area contributed by atoms with E-state index in [0.29, 0.717) is 6.61 Å². The van der Waals surface area contributed by atoms with Crippen LogP contribution in [0, 0.1) is 11.3 Å². The van der Waals surface area contributed by atoms with E-state index in [1.54, 1.807) is 0 Å². The number of nitrogens with zero attached hydrogens (tertiary/aromatic N) is 1. The third-order valence-corrected chi connectivity index (χ3v) is 1.57. The van der Waals surface area contributed by atoms with Crippen LogP contribution in [0.25, 0.3) is 0 Å². The predicted molar refractivity (Wildman–Crippen MR) is 45.3 cm³/mol. The van der Waals surface area contributed by atoms with Crippen molar-refractivity contribution in [2.24, 2.45) is 0 Å². The lowest BCUT2D eigenvalue weighted by atomic mass is 10.2. The molecule has 12 heavy (non-hydrogen) atoms. The molecule has 0 aromatic carbocycles. The molecule has 0 fully saturated rings. The molecule has 0 radical (unpaired) electrons. The summed E-state index contributed by atoms with van der Waals surface area (Å²) in [4.78, 5) is 10.3. The first kappa shape index (κ1) is 11.0. The van der Waals surface area contributed by atoms with Crippen molar-refractivity contribution in [3.8, 4) is 6.07 Å². The number of nitriles is 1. The molecule has 3 nitrogen and oxygen atoms in total. The molecular weight excluding hydrogens is 154 g/mol. The van der Waals surface area contributed by atoms with E-state index in [1.807, 2.05) is 0 Å². The molecule has 0 atom stereocenters. The van der Waals surface area contributed by atoms with Gasteiger partial charge in [-0.15, -0.1) is 0 Å². The van der Waals surface area contributed by atoms with Gasteiger partial charge in [0.15, 0.2) is 6.07 Å². The first-order valence-electron chi connectivity index (χ1n) is 4.38. The van der Waals surface area contributed by atoms with Gasteiger partial charge in [-0.1, -0.05) is 32.6 Å². The lowest BCUT2D eigenvalue weighted by Gasteiger charge is -1.99. The molecule has 0 unspecified atom stereocenters. The summed E-state index contributed by atoms with van der Waals surface area (Å²) < 4.78 is 4.57. The summed E-state index contributed by atoms with van der Waals surface area (Å²) in [5, 5.41) is 8.05. The number of esters is 1. The summed E-state index contributed by atoms with van der Waals surface area (Å²) in [6.07, 6.45) is 5.56. The highest BCUT2D eigenvalue weighted by Crippen LogP contribution is 2.02. The van der Waals surface area contributed by atoms with E-state index >= 15 is 0 Å². The molecular formula is C9H15NO2. The number of hydrogen-bond acceptors (Lipinski definition) is 3. The van der Waals surface area contributed by atoms with Gasteiger partial charge in [0.05, 0.1) is 6.61 Å². The molecule has 0 aromatic rings. The number of unbranched alkanes of at least 4 members (excludes halogenated alkanes) is 4. The Balaban J connectivity index is 3.02. The van der Waals surface area contributed by atoms with Gasteiger partial charge in [-0.3, -0.25) is 0 Å². The highest BCUT2D eigenvalue weighted by Gasteiger charge is 1.97. The van der Waals surface area contributed by atoms with Crippen molar-refractivity contribution >= 4 is 5.97 Å². The van der Waals surface area contributed by atoms with Crippen LogP contribution < -0.4 is 0 Å². The van der Waals surface area contributed by atoms with Crippen LogP contribution in [0.5, 0.6) is 0 Å². The minimum atomic E-state index is -0.773. The Morgan fingerprint density at radius 2 is 2.00 bits per heavy atom. The number of carbonyl (C=O) groups is 1. The number of hydrogen-bond donors (Lipinski definition) is 0. The molecule has 0 saturated carbocycles. The third-order valence-electron chi connectivity index (χ3n) is 1.57. The maximum Gasteiger partial charge on any atom is 0.411 e. The number of rotatable bonds is 6. The minimum absolute atomic E-state index is 0.385. The van der Waals surface area contributed by atoms with Crippen molar-refractivity contribution < 1.29 is 9.53 Å². The Kier molecular flexibility index (Phi) is 7.36. The zero-order chi connectivity index (χ0) is 9.23. The van der Waals surface area contributed by atoms with E-state index < -0.39 is 5.97 Å². The van der Waals surface area contributed by atoms with Crippen molar-refractivity contribution in [1.82, 2.24) is 0 Å². The van der Waals surface area contributed by atoms with Crippen LogP contribution >= 0.6 is 0 Å². The second kappa shape index (κ2) is 8.06. The van der Waals surface area contributed by atoms with E-state index in [4.69, 9.17) is 5.26 Å². The standard InChI is InChI=1S/C9H15NO2/c1-2-3-4-5-6-7-12-9(11)8-10/h2-7H2,1H3. The Bertz CT molecular complexity index is 160. The van der Waals surface area contributed by atoms with E-state index in [-0.39, 0.29) is 0 Å². The highest BCUT2D eigenvalue weighted by molar-refractivity contribution is 5.85. The van der Waals surface area contributed by atoms with E-state index in [0.717, 1.165) is 12.8 Å². The molecule has 68 valence electrons. The summed E-state index contributed by atoms with van der Waals surface area (Å²) in [5.74, 6) is -0.773. The molecule has 0 aliphatic carbocycles. The molecule has 0 saturated heterocycles. The molecule has 0 N–H and O–H groups in total. The van der Waals surface area contributed by atoms with Crippen molar-refractivity contribution in [2.45, 2.75) is 39.0 Å². The summed E-state index contributed by atoms with van der Waals surface area (Å²) >= 11 is 0. The Morgan fingerprint density at radius 1 is 1.33 bits per heavy atom. The Hall–Kier alpha value is -1.04. The Labute approximate surface area is 73.3 Å². The fraction of sp³-hybridized carbons (Fsp3) is 0.778. The van der Waals surface area contributed by atoms with E-state index in [2.05, 4.69) is 11.7 Å². The first-order chi connectivity index (χ1) is 5.81. The SMILES string of the molecule is CCCCCCCOC(=O)C#N. The van der Waals surface area contributed by atoms with Gasteiger partial charge in [-0.05, 0) is 6.42 Å². The van der Waals surface area contributed by atoms with Gasteiger partial charge >= 0.3 is 5.97 Å². The van der Waals surface area contributed by atoms with Crippen LogP contribution in [0.4, 0.5) is 0 Å². The molecule has 0 spiro atoms. The van der Waals surface area contributed by atoms with Gasteiger partial charge in [-0.25, -0.2) is 4.79 Å². The maximum absolute atomic E-state index is 10.3. The van der Waals surface area contributed by atoms with Gasteiger partial charge in [0, 0.05) is 0 Å². The third kappa shape index (κ3) is 7.07. The number of carbonyl (C=O) groups excluding carboxylic acids is 1. The normalized spacial score (nSPS) is 9.00. The van der Waals surface area contributed by atoms with Crippen LogP contribution in [-0.2, 0) is 9.53 Å². The van der Waals surface area contributed by atoms with Crippen molar-refractivity contribution in [2.75, 3.05) is 6.61 Å². The molecule has 0 heterocycles. The summed E-state index contributed by atoms with van der Waals surface area (Å²) in [7, 11) is 0. The van der Waals surface area contributed by atoms with Gasteiger partial charge in [-0.2, -0.15) is 5.26 Å². The van der Waals surface area contributed by atoms with Crippen molar-refractivity contribution in [1.29, 1.82) is 5.26 Å². The largest absolute Gasteiger partial charge is 0.455 e. The summed E-state index contributed by atoms with van der Waals surface area (Å²) in [5.41, 5.74) is 0. The molecule has 0 aliphatic rings. The van der Waals surface area contributed by atoms with E-state index in [9.17, 15) is 4.79 Å².